The van der Waals surface area contributed by atoms with Gasteiger partial charge < -0.3 is 20.3 Å². The predicted molar refractivity (Wildman–Crippen MR) is 100 cm³/mol. The minimum Gasteiger partial charge on any atom is -0.495 e. The van der Waals surface area contributed by atoms with Crippen LogP contribution in [0, 0.1) is 5.92 Å². The summed E-state index contributed by atoms with van der Waals surface area (Å²) in [6.45, 7) is 2.90. The molecule has 0 radical (unpaired) electrons. The molecule has 1 unspecified atom stereocenters. The van der Waals surface area contributed by atoms with E-state index >= 15 is 0 Å². The first-order valence-electron chi connectivity index (χ1n) is 8.75. The molecule has 1 aliphatic heterocycles. The predicted octanol–water partition coefficient (Wildman–Crippen LogP) is 2.89. The molecule has 1 heterocycles. The molecule has 6 heteroatoms. The molecule has 1 saturated heterocycles. The van der Waals surface area contributed by atoms with E-state index in [0.29, 0.717) is 6.04 Å². The summed E-state index contributed by atoms with van der Waals surface area (Å²) >= 11 is 6.16. The third kappa shape index (κ3) is 4.47. The highest BCUT2D eigenvalue weighted by molar-refractivity contribution is 6.30. The van der Waals surface area contributed by atoms with E-state index in [-0.39, 0.29) is 0 Å². The highest BCUT2D eigenvalue weighted by Gasteiger charge is 2.26. The van der Waals surface area contributed by atoms with Gasteiger partial charge in [0.25, 0.3) is 0 Å². The maximum Gasteiger partial charge on any atom is 0.191 e. The van der Waals surface area contributed by atoms with Crippen LogP contribution >= 0.6 is 11.6 Å². The van der Waals surface area contributed by atoms with E-state index in [1.807, 2.05) is 25.2 Å². The molecule has 24 heavy (non-hydrogen) atoms. The normalized spacial score (nSPS) is 21.0. The summed E-state index contributed by atoms with van der Waals surface area (Å²) in [5.41, 5.74) is 1.06. The van der Waals surface area contributed by atoms with Gasteiger partial charge >= 0.3 is 0 Å². The average molecular weight is 351 g/mol. The van der Waals surface area contributed by atoms with Gasteiger partial charge in [-0.25, -0.2) is 0 Å². The molecular formula is C18H27ClN4O. The smallest absolute Gasteiger partial charge is 0.191 e. The Morgan fingerprint density at radius 1 is 1.38 bits per heavy atom. The van der Waals surface area contributed by atoms with Gasteiger partial charge in [0.1, 0.15) is 5.75 Å². The molecule has 2 aliphatic rings. The van der Waals surface area contributed by atoms with Gasteiger partial charge in [0.05, 0.1) is 12.8 Å². The van der Waals surface area contributed by atoms with E-state index in [9.17, 15) is 0 Å². The zero-order valence-corrected chi connectivity index (χ0v) is 15.3. The molecule has 0 spiro atoms. The monoisotopic (exact) mass is 350 g/mol. The summed E-state index contributed by atoms with van der Waals surface area (Å²) in [5, 5.41) is 7.70. The highest BCUT2D eigenvalue weighted by atomic mass is 35.5. The maximum absolute atomic E-state index is 6.16. The Labute approximate surface area is 149 Å². The molecule has 3 rings (SSSR count). The number of nitrogens with one attached hydrogen (secondary N) is 2. The fourth-order valence-electron chi connectivity index (χ4n) is 3.20. The molecule has 0 aromatic heterocycles. The largest absolute Gasteiger partial charge is 0.495 e. The third-order valence-corrected chi connectivity index (χ3v) is 5.01. The summed E-state index contributed by atoms with van der Waals surface area (Å²) in [7, 11) is 3.53. The Balaban J connectivity index is 1.53. The molecule has 1 aliphatic carbocycles. The Kier molecular flexibility index (Phi) is 5.72. The van der Waals surface area contributed by atoms with Crippen molar-refractivity contribution in [1.82, 2.24) is 10.6 Å². The molecule has 2 fully saturated rings. The lowest BCUT2D eigenvalue weighted by molar-refractivity contribution is 0.415. The number of hydrogen-bond donors (Lipinski definition) is 2. The second kappa shape index (κ2) is 7.97. The van der Waals surface area contributed by atoms with E-state index in [0.717, 1.165) is 54.4 Å². The van der Waals surface area contributed by atoms with E-state index in [4.69, 9.17) is 16.3 Å². The van der Waals surface area contributed by atoms with Crippen LogP contribution in [0.25, 0.3) is 0 Å². The number of aliphatic imine (C=N–C) groups is 1. The van der Waals surface area contributed by atoms with Crippen LogP contribution in [0.1, 0.15) is 25.7 Å². The second-order valence-electron chi connectivity index (χ2n) is 6.62. The highest BCUT2D eigenvalue weighted by Crippen LogP contribution is 2.33. The van der Waals surface area contributed by atoms with E-state index in [1.165, 1.54) is 19.3 Å². The van der Waals surface area contributed by atoms with Crippen LogP contribution in [0.4, 0.5) is 5.69 Å². The van der Waals surface area contributed by atoms with Crippen LogP contribution in [0.2, 0.25) is 5.02 Å². The summed E-state index contributed by atoms with van der Waals surface area (Å²) in [6, 6.07) is 6.14. The molecule has 2 N–H and O–H groups in total. The summed E-state index contributed by atoms with van der Waals surface area (Å²) in [4.78, 5) is 6.66. The molecule has 1 saturated carbocycles. The average Bonchev–Trinajstić information content (AvgIpc) is 3.30. The van der Waals surface area contributed by atoms with Crippen LogP contribution in [0.15, 0.2) is 23.2 Å². The van der Waals surface area contributed by atoms with Gasteiger partial charge in [-0.15, -0.1) is 0 Å². The summed E-state index contributed by atoms with van der Waals surface area (Å²) in [6.07, 6.45) is 5.11. The fourth-order valence-corrected chi connectivity index (χ4v) is 3.36. The van der Waals surface area contributed by atoms with Gasteiger partial charge in [0.2, 0.25) is 0 Å². The fraction of sp³-hybridized carbons (Fsp3) is 0.611. The van der Waals surface area contributed by atoms with Gasteiger partial charge in [-0.1, -0.05) is 24.4 Å². The first kappa shape index (κ1) is 17.2. The minimum absolute atomic E-state index is 0.376. The van der Waals surface area contributed by atoms with E-state index < -0.39 is 0 Å². The van der Waals surface area contributed by atoms with Crippen LogP contribution < -0.4 is 20.3 Å². The van der Waals surface area contributed by atoms with E-state index in [2.05, 4.69) is 20.5 Å². The van der Waals surface area contributed by atoms with Crippen molar-refractivity contribution in [2.75, 3.05) is 38.7 Å². The number of nitrogens with zero attached hydrogens (tertiary/aromatic N) is 2. The van der Waals surface area contributed by atoms with Crippen molar-refractivity contribution in [1.29, 1.82) is 0 Å². The summed E-state index contributed by atoms with van der Waals surface area (Å²) < 4.78 is 5.47. The Morgan fingerprint density at radius 2 is 2.21 bits per heavy atom. The van der Waals surface area contributed by atoms with E-state index in [1.54, 1.807) is 7.11 Å². The number of hydrogen-bond acceptors (Lipinski definition) is 3. The number of anilines is 1. The number of halogens is 1. The molecule has 1 atom stereocenters. The van der Waals surface area contributed by atoms with Gasteiger partial charge in [0, 0.05) is 37.7 Å². The molecule has 1 aromatic carbocycles. The molecule has 5 nitrogen and oxygen atoms in total. The maximum atomic E-state index is 6.16. The zero-order chi connectivity index (χ0) is 16.9. The lowest BCUT2D eigenvalue weighted by atomic mass is 10.2. The number of ether oxygens (including phenoxy) is 1. The van der Waals surface area contributed by atoms with Crippen molar-refractivity contribution < 1.29 is 4.74 Å². The van der Waals surface area contributed by atoms with Crippen molar-refractivity contribution >= 4 is 23.2 Å². The second-order valence-corrected chi connectivity index (χ2v) is 7.06. The van der Waals surface area contributed by atoms with Crippen LogP contribution in [0.5, 0.6) is 5.75 Å². The van der Waals surface area contributed by atoms with Crippen molar-refractivity contribution in [2.45, 2.75) is 31.7 Å². The Morgan fingerprint density at radius 3 is 2.92 bits per heavy atom. The Hall–Kier alpha value is -1.62. The molecular weight excluding hydrogens is 324 g/mol. The van der Waals surface area contributed by atoms with Gasteiger partial charge in [-0.05, 0) is 37.0 Å². The molecule has 0 bridgehead atoms. The molecule has 0 amide bonds. The number of guanidine groups is 1. The van der Waals surface area contributed by atoms with Crippen molar-refractivity contribution in [3.63, 3.8) is 0 Å². The standard InChI is InChI=1S/C18H27ClN4O/c1-20-18(21-9-7-13-3-4-13)22-15-8-10-23(12-15)16-11-14(19)5-6-17(16)24-2/h5-6,11,13,15H,3-4,7-10,12H2,1-2H3,(H2,20,21,22). The lowest BCUT2D eigenvalue weighted by Crippen LogP contribution is -2.44. The first-order valence-corrected chi connectivity index (χ1v) is 9.13. The van der Waals surface area contributed by atoms with Crippen LogP contribution in [-0.4, -0.2) is 45.8 Å². The van der Waals surface area contributed by atoms with Crippen molar-refractivity contribution in [3.05, 3.63) is 23.2 Å². The SMILES string of the molecule is CN=C(NCCC1CC1)NC1CCN(c2cc(Cl)ccc2OC)C1. The van der Waals surface area contributed by atoms with Gasteiger partial charge in [-0.2, -0.15) is 0 Å². The summed E-state index contributed by atoms with van der Waals surface area (Å²) in [5.74, 6) is 2.71. The quantitative estimate of drug-likeness (QED) is 0.612. The van der Waals surface area contributed by atoms with Crippen molar-refractivity contribution in [2.24, 2.45) is 10.9 Å². The first-order chi connectivity index (χ1) is 11.7. The number of methoxy groups -OCH3 is 1. The van der Waals surface area contributed by atoms with Crippen molar-refractivity contribution in [3.8, 4) is 5.75 Å². The number of rotatable bonds is 6. The third-order valence-electron chi connectivity index (χ3n) is 4.78. The topological polar surface area (TPSA) is 48.9 Å². The lowest BCUT2D eigenvalue weighted by Gasteiger charge is -2.22. The van der Waals surface area contributed by atoms with Crippen LogP contribution in [-0.2, 0) is 0 Å². The van der Waals surface area contributed by atoms with Crippen LogP contribution in [0.3, 0.4) is 0 Å². The zero-order valence-electron chi connectivity index (χ0n) is 14.5. The number of benzene rings is 1. The minimum atomic E-state index is 0.376. The molecule has 132 valence electrons. The van der Waals surface area contributed by atoms with Gasteiger partial charge in [0.15, 0.2) is 5.96 Å². The van der Waals surface area contributed by atoms with Gasteiger partial charge in [-0.3, -0.25) is 4.99 Å². The Bertz CT molecular complexity index is 588. The molecule has 1 aromatic rings.